The molecule has 0 radical (unpaired) electrons. The molecule has 0 aliphatic heterocycles. The van der Waals surface area contributed by atoms with Crippen LogP contribution in [0.4, 0.5) is 0 Å². The van der Waals surface area contributed by atoms with Gasteiger partial charge in [0.15, 0.2) is 0 Å². The lowest BCUT2D eigenvalue weighted by Gasteiger charge is -2.06. The second kappa shape index (κ2) is 4.39. The Morgan fingerprint density at radius 3 is 2.53 bits per heavy atom. The number of nitrogens with two attached hydrogens (primary N) is 1. The molecule has 5 nitrogen and oxygen atoms in total. The Bertz CT molecular complexity index is 529. The molecule has 2 aromatic rings. The molecule has 1 aromatic carbocycles. The largest absolute Gasteiger partial charge is 0.389 e. The van der Waals surface area contributed by atoms with E-state index in [-0.39, 0.29) is 0 Å². The zero-order valence-corrected chi connectivity index (χ0v) is 9.37. The van der Waals surface area contributed by atoms with Crippen molar-refractivity contribution in [2.24, 2.45) is 5.73 Å². The monoisotopic (exact) mass is 231 g/mol. The van der Waals surface area contributed by atoms with Crippen molar-refractivity contribution in [2.75, 3.05) is 0 Å². The number of nitrogens with zero attached hydrogens (tertiary/aromatic N) is 2. The Morgan fingerprint density at radius 1 is 1.41 bits per heavy atom. The lowest BCUT2D eigenvalue weighted by atomic mass is 10.1. The Kier molecular flexibility index (Phi) is 2.93. The highest BCUT2D eigenvalue weighted by Gasteiger charge is 2.06. The van der Waals surface area contributed by atoms with Gasteiger partial charge in [-0.3, -0.25) is 4.79 Å². The van der Waals surface area contributed by atoms with Gasteiger partial charge in [0, 0.05) is 6.20 Å². The number of hydrogen-bond donors (Lipinski definition) is 2. The molecule has 0 aliphatic carbocycles. The zero-order chi connectivity index (χ0) is 12.4. The number of rotatable bonds is 3. The van der Waals surface area contributed by atoms with E-state index in [1.54, 1.807) is 17.8 Å². The van der Waals surface area contributed by atoms with E-state index in [2.05, 4.69) is 5.10 Å². The summed E-state index contributed by atoms with van der Waals surface area (Å²) in [6.07, 6.45) is 2.49. The van der Waals surface area contributed by atoms with Crippen molar-refractivity contribution in [3.63, 3.8) is 0 Å². The van der Waals surface area contributed by atoms with Crippen LogP contribution in [0.25, 0.3) is 5.69 Å². The minimum absolute atomic E-state index is 0.365. The fourth-order valence-corrected chi connectivity index (χ4v) is 1.50. The third-order valence-corrected chi connectivity index (χ3v) is 2.51. The van der Waals surface area contributed by atoms with Gasteiger partial charge < -0.3 is 10.8 Å². The van der Waals surface area contributed by atoms with Crippen LogP contribution in [0.3, 0.4) is 0 Å². The number of primary amides is 1. The van der Waals surface area contributed by atoms with Crippen LogP contribution in [0.5, 0.6) is 0 Å². The van der Waals surface area contributed by atoms with Crippen LogP contribution in [0.1, 0.15) is 28.9 Å². The van der Waals surface area contributed by atoms with Crippen molar-refractivity contribution in [1.29, 1.82) is 0 Å². The van der Waals surface area contributed by atoms with Crippen molar-refractivity contribution in [3.8, 4) is 5.69 Å². The molecule has 0 bridgehead atoms. The highest BCUT2D eigenvalue weighted by molar-refractivity contribution is 5.92. The van der Waals surface area contributed by atoms with E-state index in [0.29, 0.717) is 5.56 Å². The second-order valence-corrected chi connectivity index (χ2v) is 3.81. The van der Waals surface area contributed by atoms with Crippen LogP contribution >= 0.6 is 0 Å². The summed E-state index contributed by atoms with van der Waals surface area (Å²) in [5.74, 6) is -0.503. The Hall–Kier alpha value is -2.14. The minimum Gasteiger partial charge on any atom is -0.389 e. The molecule has 1 amide bonds. The average molecular weight is 231 g/mol. The summed E-state index contributed by atoms with van der Waals surface area (Å²) < 4.78 is 1.56. The van der Waals surface area contributed by atoms with E-state index in [9.17, 15) is 9.90 Å². The number of carbonyl (C=O) groups is 1. The maximum absolute atomic E-state index is 10.9. The molecule has 1 atom stereocenters. The highest BCUT2D eigenvalue weighted by atomic mass is 16.3. The first-order chi connectivity index (χ1) is 8.08. The summed E-state index contributed by atoms with van der Waals surface area (Å²) in [6.45, 7) is 1.70. The van der Waals surface area contributed by atoms with Crippen LogP contribution in [-0.2, 0) is 0 Å². The Balaban J connectivity index is 2.30. The molecule has 88 valence electrons. The zero-order valence-electron chi connectivity index (χ0n) is 9.37. The van der Waals surface area contributed by atoms with E-state index in [4.69, 9.17) is 5.73 Å². The first kappa shape index (κ1) is 11.3. The van der Waals surface area contributed by atoms with Crippen LogP contribution in [-0.4, -0.2) is 20.8 Å². The second-order valence-electron chi connectivity index (χ2n) is 3.81. The number of aliphatic hydroxyl groups is 1. The van der Waals surface area contributed by atoms with E-state index >= 15 is 0 Å². The Labute approximate surface area is 98.5 Å². The van der Waals surface area contributed by atoms with Gasteiger partial charge in [-0.25, -0.2) is 4.68 Å². The molecule has 2 rings (SSSR count). The number of aromatic nitrogens is 2. The van der Waals surface area contributed by atoms with E-state index in [1.807, 2.05) is 24.3 Å². The van der Waals surface area contributed by atoms with Gasteiger partial charge in [0.25, 0.3) is 5.91 Å². The highest BCUT2D eigenvalue weighted by Crippen LogP contribution is 2.15. The van der Waals surface area contributed by atoms with Crippen molar-refractivity contribution < 1.29 is 9.90 Å². The van der Waals surface area contributed by atoms with Crippen LogP contribution in [0.2, 0.25) is 0 Å². The number of benzene rings is 1. The van der Waals surface area contributed by atoms with Crippen molar-refractivity contribution in [3.05, 3.63) is 47.8 Å². The molecule has 1 aromatic heterocycles. The standard InChI is InChI=1S/C12H13N3O2/c1-8(16)9-2-4-11(5-3-9)15-7-10(6-14-15)12(13)17/h2-8,16H,1H3,(H2,13,17). The predicted molar refractivity (Wildman–Crippen MR) is 62.7 cm³/mol. The lowest BCUT2D eigenvalue weighted by molar-refractivity contribution is 0.100. The summed E-state index contributed by atoms with van der Waals surface area (Å²) in [6, 6.07) is 7.26. The molecular weight excluding hydrogens is 218 g/mol. The molecule has 0 fully saturated rings. The van der Waals surface area contributed by atoms with Gasteiger partial charge in [-0.05, 0) is 24.6 Å². The molecule has 1 heterocycles. The van der Waals surface area contributed by atoms with Crippen molar-refractivity contribution >= 4 is 5.91 Å². The van der Waals surface area contributed by atoms with E-state index < -0.39 is 12.0 Å². The van der Waals surface area contributed by atoms with Crippen LogP contribution in [0, 0.1) is 0 Å². The van der Waals surface area contributed by atoms with Gasteiger partial charge in [0.2, 0.25) is 0 Å². The quantitative estimate of drug-likeness (QED) is 0.827. The normalized spacial score (nSPS) is 12.4. The summed E-state index contributed by atoms with van der Waals surface area (Å²) in [5.41, 5.74) is 7.15. The first-order valence-corrected chi connectivity index (χ1v) is 5.21. The molecule has 3 N–H and O–H groups in total. The van der Waals surface area contributed by atoms with Crippen LogP contribution < -0.4 is 5.73 Å². The maximum Gasteiger partial charge on any atom is 0.251 e. The molecule has 17 heavy (non-hydrogen) atoms. The van der Waals surface area contributed by atoms with Gasteiger partial charge in [0.1, 0.15) is 0 Å². The summed E-state index contributed by atoms with van der Waals surface area (Å²) >= 11 is 0. The molecule has 0 saturated heterocycles. The summed E-state index contributed by atoms with van der Waals surface area (Å²) in [4.78, 5) is 10.9. The van der Waals surface area contributed by atoms with Gasteiger partial charge in [-0.2, -0.15) is 5.10 Å². The topological polar surface area (TPSA) is 81.1 Å². The van der Waals surface area contributed by atoms with Gasteiger partial charge in [0.05, 0.1) is 23.6 Å². The van der Waals surface area contributed by atoms with E-state index in [1.165, 1.54) is 6.20 Å². The molecule has 5 heteroatoms. The smallest absolute Gasteiger partial charge is 0.251 e. The van der Waals surface area contributed by atoms with E-state index in [0.717, 1.165) is 11.3 Å². The third kappa shape index (κ3) is 2.34. The molecule has 0 spiro atoms. The fraction of sp³-hybridized carbons (Fsp3) is 0.167. The van der Waals surface area contributed by atoms with Gasteiger partial charge in [-0.1, -0.05) is 12.1 Å². The summed E-state index contributed by atoms with van der Waals surface area (Å²) in [7, 11) is 0. The van der Waals surface area contributed by atoms with Crippen LogP contribution in [0.15, 0.2) is 36.7 Å². The Morgan fingerprint density at radius 2 is 2.06 bits per heavy atom. The van der Waals surface area contributed by atoms with Gasteiger partial charge >= 0.3 is 0 Å². The fourth-order valence-electron chi connectivity index (χ4n) is 1.50. The minimum atomic E-state index is -0.503. The van der Waals surface area contributed by atoms with Gasteiger partial charge in [-0.15, -0.1) is 0 Å². The number of carbonyl (C=O) groups excluding carboxylic acids is 1. The van der Waals surface area contributed by atoms with Crippen molar-refractivity contribution in [1.82, 2.24) is 9.78 Å². The SMILES string of the molecule is CC(O)c1ccc(-n2cc(C(N)=O)cn2)cc1. The van der Waals surface area contributed by atoms with Crippen molar-refractivity contribution in [2.45, 2.75) is 13.0 Å². The molecule has 0 saturated carbocycles. The maximum atomic E-state index is 10.9. The summed E-state index contributed by atoms with van der Waals surface area (Å²) in [5, 5.41) is 13.4. The molecule has 0 aliphatic rings. The number of amides is 1. The average Bonchev–Trinajstić information content (AvgIpc) is 2.78. The first-order valence-electron chi connectivity index (χ1n) is 5.21. The third-order valence-electron chi connectivity index (χ3n) is 2.51. The molecule has 1 unspecified atom stereocenters. The lowest BCUT2D eigenvalue weighted by Crippen LogP contribution is -2.09. The number of aliphatic hydroxyl groups excluding tert-OH is 1. The molecular formula is C12H13N3O2. The number of hydrogen-bond acceptors (Lipinski definition) is 3. The predicted octanol–water partition coefficient (Wildman–Crippen LogP) is 1.02.